The number of hydrogen-bond donors (Lipinski definition) is 0. The average Bonchev–Trinajstić information content (AvgIpc) is 3.73. The molecule has 16 rings (SSSR count). The highest BCUT2D eigenvalue weighted by molar-refractivity contribution is 6.62. The monoisotopic (exact) mass is 993 g/mol. The fraction of sp³-hybridized carbons (Fsp3) is 0.500. The summed E-state index contributed by atoms with van der Waals surface area (Å²) in [5.74, 6) is 0. The van der Waals surface area contributed by atoms with E-state index < -0.39 is 0 Å². The quantitative estimate of drug-likeness (QED) is 0.0800. The van der Waals surface area contributed by atoms with Gasteiger partial charge in [0.2, 0.25) is 0 Å². The molecule has 1 aliphatic heterocycles. The first-order valence-corrected chi connectivity index (χ1v) is 30.3. The van der Waals surface area contributed by atoms with Gasteiger partial charge in [0.15, 0.2) is 0 Å². The molecule has 9 saturated carbocycles. The molecular weight excluding hydrogens is 908 g/mol. The predicted molar refractivity (Wildman–Crippen MR) is 314 cm³/mol. The van der Waals surface area contributed by atoms with Crippen molar-refractivity contribution in [3.05, 3.63) is 173 Å². The lowest BCUT2D eigenvalue weighted by Gasteiger charge is -2.54. The highest BCUT2D eigenvalue weighted by atomic mass is 16.7. The fourth-order valence-electron chi connectivity index (χ4n) is 17.0. The van der Waals surface area contributed by atoms with Crippen LogP contribution in [-0.4, -0.2) is 18.3 Å². The van der Waals surface area contributed by atoms with Gasteiger partial charge in [0.05, 0.1) is 11.2 Å². The van der Waals surface area contributed by atoms with Crippen molar-refractivity contribution in [2.24, 2.45) is 5.41 Å². The first-order valence-electron chi connectivity index (χ1n) is 30.3. The zero-order valence-corrected chi connectivity index (χ0v) is 46.5. The topological polar surface area (TPSA) is 18.5 Å². The van der Waals surface area contributed by atoms with E-state index in [0.29, 0.717) is 32.5 Å². The van der Waals surface area contributed by atoms with Gasteiger partial charge in [-0.1, -0.05) is 178 Å². The van der Waals surface area contributed by atoms with Gasteiger partial charge < -0.3 is 9.31 Å². The van der Waals surface area contributed by atoms with Crippen LogP contribution in [0.3, 0.4) is 0 Å². The van der Waals surface area contributed by atoms with Crippen molar-refractivity contribution in [1.29, 1.82) is 0 Å². The van der Waals surface area contributed by atoms with Crippen molar-refractivity contribution >= 4 is 12.6 Å². The number of fused-ring (bicyclic) bond motifs is 9. The average molecular weight is 993 g/mol. The summed E-state index contributed by atoms with van der Waals surface area (Å²) in [5.41, 5.74) is 18.6. The molecule has 0 N–H and O–H groups in total. The van der Waals surface area contributed by atoms with E-state index in [1.807, 2.05) is 0 Å². The third kappa shape index (κ3) is 8.67. The lowest BCUT2D eigenvalue weighted by Crippen LogP contribution is -2.46. The Balaban J connectivity index is 0.599. The van der Waals surface area contributed by atoms with Crippen LogP contribution < -0.4 is 5.46 Å². The van der Waals surface area contributed by atoms with Crippen LogP contribution in [0.4, 0.5) is 0 Å². The summed E-state index contributed by atoms with van der Waals surface area (Å²) in [6.45, 7) is 10.9. The zero-order chi connectivity index (χ0) is 51.2. The van der Waals surface area contributed by atoms with Gasteiger partial charge in [-0.15, -0.1) is 0 Å². The molecule has 9 aliphatic carbocycles. The van der Waals surface area contributed by atoms with Crippen LogP contribution in [0.5, 0.6) is 0 Å². The van der Waals surface area contributed by atoms with Gasteiger partial charge in [0.1, 0.15) is 0 Å². The smallest absolute Gasteiger partial charge is 0.399 e. The van der Waals surface area contributed by atoms with Crippen LogP contribution in [0.1, 0.15) is 210 Å². The normalized spacial score (nSPS) is 31.2. The maximum atomic E-state index is 6.37. The van der Waals surface area contributed by atoms with E-state index in [9.17, 15) is 0 Å². The van der Waals surface area contributed by atoms with Crippen LogP contribution in [0.15, 0.2) is 146 Å². The maximum absolute atomic E-state index is 6.37. The lowest BCUT2D eigenvalue weighted by molar-refractivity contribution is 0.00578. The van der Waals surface area contributed by atoms with E-state index in [0.717, 1.165) is 5.46 Å². The molecule has 2 nitrogen and oxygen atoms in total. The van der Waals surface area contributed by atoms with E-state index in [4.69, 9.17) is 9.31 Å². The summed E-state index contributed by atoms with van der Waals surface area (Å²) in [6, 6.07) is 57.8. The molecule has 388 valence electrons. The molecule has 1 heterocycles. The van der Waals surface area contributed by atoms with Gasteiger partial charge in [-0.05, 0) is 249 Å². The highest BCUT2D eigenvalue weighted by Crippen LogP contribution is 2.62. The molecule has 10 aliphatic rings. The summed E-state index contributed by atoms with van der Waals surface area (Å²) < 4.78 is 12.7. The summed E-state index contributed by atoms with van der Waals surface area (Å²) in [6.07, 6.45) is 31.1. The second kappa shape index (κ2) is 18.8. The Bertz CT molecular complexity index is 2890. The minimum Gasteiger partial charge on any atom is -0.399 e. The molecule has 10 fully saturated rings. The van der Waals surface area contributed by atoms with Crippen LogP contribution >= 0.6 is 0 Å². The summed E-state index contributed by atoms with van der Waals surface area (Å²) in [5, 5.41) is 0. The van der Waals surface area contributed by atoms with Crippen LogP contribution in [0, 0.1) is 5.41 Å². The molecule has 0 atom stereocenters. The molecule has 6 aromatic carbocycles. The van der Waals surface area contributed by atoms with Gasteiger partial charge in [0.25, 0.3) is 0 Å². The minimum atomic E-state index is -0.319. The molecule has 3 heteroatoms. The second-order valence-corrected chi connectivity index (χ2v) is 27.3. The minimum absolute atomic E-state index is 0.298. The van der Waals surface area contributed by atoms with Gasteiger partial charge in [-0.2, -0.15) is 0 Å². The van der Waals surface area contributed by atoms with E-state index in [1.165, 1.54) is 187 Å². The fourth-order valence-corrected chi connectivity index (χ4v) is 17.0. The van der Waals surface area contributed by atoms with Crippen molar-refractivity contribution < 1.29 is 9.31 Å². The van der Waals surface area contributed by atoms with Gasteiger partial charge in [-0.25, -0.2) is 0 Å². The Morgan fingerprint density at radius 3 is 0.813 bits per heavy atom. The lowest BCUT2D eigenvalue weighted by atomic mass is 9.50. The number of unbranched alkanes of at least 4 members (excludes halogenated alkanes) is 3. The van der Waals surface area contributed by atoms with Crippen molar-refractivity contribution in [2.45, 2.75) is 221 Å². The zero-order valence-electron chi connectivity index (χ0n) is 46.5. The number of hydrogen-bond acceptors (Lipinski definition) is 2. The van der Waals surface area contributed by atoms with Crippen molar-refractivity contribution in [3.63, 3.8) is 0 Å². The molecule has 75 heavy (non-hydrogen) atoms. The van der Waals surface area contributed by atoms with Crippen molar-refractivity contribution in [2.75, 3.05) is 0 Å². The summed E-state index contributed by atoms with van der Waals surface area (Å²) in [7, 11) is -0.298. The SMILES string of the molecule is CCCCCCC12CCC(c3ccc(-c4ccc(-c5ccc(C67CCC(c8ccc(-c9ccc(C%10%11CCC(c%12ccc(B%13OC(C)(C)C(C)(C)O%13)cc%12)(CC%10)CC%11)cc9)cc8)(CC6)CC7)cc5)cc4)cc3)(CC1)CC2. The van der Waals surface area contributed by atoms with Crippen LogP contribution in [-0.2, 0) is 36.4 Å². The molecule has 0 aromatic heterocycles. The molecule has 0 radical (unpaired) electrons. The molecule has 6 aromatic rings. The standard InChI is InChI=1S/C72H85BO2/c1-6-7-8-9-34-67-35-38-68(39-36-67,40-37-67)59-22-14-55(15-23-59)53-10-12-54(13-11-53)56-16-24-60(25-17-56)69-41-44-70(45-42-69,46-43-69)61-26-18-57(19-27-61)58-20-28-62(29-21-58)71-47-50-72(51-48-71,52-49-71)63-30-32-64(33-31-63)73-74-65(2,3)66(4,5)75-73/h10-33H,6-9,34-52H2,1-5H3. The van der Waals surface area contributed by atoms with Crippen molar-refractivity contribution in [3.8, 4) is 33.4 Å². The Morgan fingerprint density at radius 2 is 0.547 bits per heavy atom. The molecule has 6 bridgehead atoms. The van der Waals surface area contributed by atoms with E-state index >= 15 is 0 Å². The third-order valence-corrected chi connectivity index (χ3v) is 23.4. The Hall–Kier alpha value is -4.70. The summed E-state index contributed by atoms with van der Waals surface area (Å²) >= 11 is 0. The first-order chi connectivity index (χ1) is 36.3. The molecule has 0 spiro atoms. The van der Waals surface area contributed by atoms with Crippen LogP contribution in [0.2, 0.25) is 0 Å². The molecule has 0 amide bonds. The number of rotatable bonds is 14. The Labute approximate surface area is 452 Å². The molecular formula is C72H85BO2. The third-order valence-electron chi connectivity index (χ3n) is 23.4. The number of benzene rings is 6. The van der Waals surface area contributed by atoms with Crippen LogP contribution in [0.25, 0.3) is 33.4 Å². The summed E-state index contributed by atoms with van der Waals surface area (Å²) in [4.78, 5) is 0. The highest BCUT2D eigenvalue weighted by Gasteiger charge is 2.54. The van der Waals surface area contributed by atoms with E-state index in [1.54, 1.807) is 22.3 Å². The van der Waals surface area contributed by atoms with Crippen molar-refractivity contribution in [1.82, 2.24) is 0 Å². The van der Waals surface area contributed by atoms with E-state index in [2.05, 4.69) is 180 Å². The molecule has 0 unspecified atom stereocenters. The first kappa shape index (κ1) is 49.8. The Kier molecular flexibility index (Phi) is 12.5. The predicted octanol–water partition coefficient (Wildman–Crippen LogP) is 18.6. The maximum Gasteiger partial charge on any atom is 0.494 e. The largest absolute Gasteiger partial charge is 0.494 e. The van der Waals surface area contributed by atoms with Gasteiger partial charge in [-0.3, -0.25) is 0 Å². The Morgan fingerprint density at radius 1 is 0.307 bits per heavy atom. The second-order valence-electron chi connectivity index (χ2n) is 27.3. The molecule has 1 saturated heterocycles. The van der Waals surface area contributed by atoms with Gasteiger partial charge >= 0.3 is 7.12 Å². The van der Waals surface area contributed by atoms with E-state index in [-0.39, 0.29) is 18.3 Å². The van der Waals surface area contributed by atoms with Gasteiger partial charge in [0, 0.05) is 0 Å².